The summed E-state index contributed by atoms with van der Waals surface area (Å²) in [5.74, 6) is 0.733. The SMILES string of the molecule is CNC(c1ccccc1)C(C)N(CC(C)C)C1CC1. The quantitative estimate of drug-likeness (QED) is 0.807. The third-order valence-electron chi connectivity index (χ3n) is 4.07. The molecule has 2 atom stereocenters. The third-order valence-corrected chi connectivity index (χ3v) is 4.07. The molecular weight excluding hydrogens is 232 g/mol. The first kappa shape index (κ1) is 14.5. The smallest absolute Gasteiger partial charge is 0.0473 e. The van der Waals surface area contributed by atoms with Gasteiger partial charge in [0, 0.05) is 24.7 Å². The Hall–Kier alpha value is -0.860. The van der Waals surface area contributed by atoms with Gasteiger partial charge in [0.1, 0.15) is 0 Å². The molecule has 0 spiro atoms. The molecule has 1 aromatic carbocycles. The fourth-order valence-corrected chi connectivity index (χ4v) is 3.01. The summed E-state index contributed by atoms with van der Waals surface area (Å²) in [6, 6.07) is 12.6. The van der Waals surface area contributed by atoms with E-state index >= 15 is 0 Å². The van der Waals surface area contributed by atoms with Crippen molar-refractivity contribution in [2.24, 2.45) is 5.92 Å². The van der Waals surface area contributed by atoms with Crippen molar-refractivity contribution in [2.75, 3.05) is 13.6 Å². The van der Waals surface area contributed by atoms with E-state index in [2.05, 4.69) is 68.4 Å². The van der Waals surface area contributed by atoms with Crippen LogP contribution in [0.4, 0.5) is 0 Å². The van der Waals surface area contributed by atoms with Crippen molar-refractivity contribution in [3.63, 3.8) is 0 Å². The molecule has 0 saturated heterocycles. The molecule has 0 radical (unpaired) electrons. The van der Waals surface area contributed by atoms with Gasteiger partial charge < -0.3 is 5.32 Å². The molecule has 2 unspecified atom stereocenters. The molecule has 0 aliphatic heterocycles. The highest BCUT2D eigenvalue weighted by Gasteiger charge is 2.35. The fraction of sp³-hybridized carbons (Fsp3) is 0.647. The molecule has 2 heteroatoms. The molecule has 0 heterocycles. The van der Waals surface area contributed by atoms with E-state index in [1.54, 1.807) is 0 Å². The summed E-state index contributed by atoms with van der Waals surface area (Å²) < 4.78 is 0. The predicted octanol–water partition coefficient (Wildman–Crippen LogP) is 3.46. The second kappa shape index (κ2) is 6.53. The lowest BCUT2D eigenvalue weighted by Crippen LogP contribution is -2.44. The number of benzene rings is 1. The first-order valence-corrected chi connectivity index (χ1v) is 7.61. The third kappa shape index (κ3) is 3.80. The molecule has 19 heavy (non-hydrogen) atoms. The van der Waals surface area contributed by atoms with Crippen LogP contribution in [-0.2, 0) is 0 Å². The molecule has 1 aromatic rings. The van der Waals surface area contributed by atoms with Gasteiger partial charge in [-0.05, 0) is 38.3 Å². The van der Waals surface area contributed by atoms with Gasteiger partial charge in [0.25, 0.3) is 0 Å². The lowest BCUT2D eigenvalue weighted by atomic mass is 9.98. The lowest BCUT2D eigenvalue weighted by molar-refractivity contribution is 0.145. The standard InChI is InChI=1S/C17H28N2/c1-13(2)12-19(16-10-11-16)14(3)17(18-4)15-8-6-5-7-9-15/h5-9,13-14,16-18H,10-12H2,1-4H3. The normalized spacial score (nSPS) is 18.8. The topological polar surface area (TPSA) is 15.3 Å². The van der Waals surface area contributed by atoms with Crippen LogP contribution in [0.25, 0.3) is 0 Å². The minimum absolute atomic E-state index is 0.417. The molecule has 0 aromatic heterocycles. The number of likely N-dealkylation sites (N-methyl/N-ethyl adjacent to an activating group) is 1. The lowest BCUT2D eigenvalue weighted by Gasteiger charge is -2.36. The molecule has 1 aliphatic carbocycles. The molecule has 106 valence electrons. The average Bonchev–Trinajstić information content (AvgIpc) is 3.22. The average molecular weight is 260 g/mol. The maximum atomic E-state index is 3.51. The molecule has 0 bridgehead atoms. The second-order valence-corrected chi connectivity index (χ2v) is 6.24. The zero-order valence-corrected chi connectivity index (χ0v) is 12.8. The molecule has 1 N–H and O–H groups in total. The van der Waals surface area contributed by atoms with Crippen LogP contribution in [0.1, 0.15) is 45.2 Å². The summed E-state index contributed by atoms with van der Waals surface area (Å²) in [5.41, 5.74) is 1.40. The van der Waals surface area contributed by atoms with E-state index in [1.165, 1.54) is 24.9 Å². The van der Waals surface area contributed by atoms with Crippen molar-refractivity contribution in [1.82, 2.24) is 10.2 Å². The summed E-state index contributed by atoms with van der Waals surface area (Å²) in [6.07, 6.45) is 2.75. The van der Waals surface area contributed by atoms with Gasteiger partial charge in [-0.2, -0.15) is 0 Å². The Morgan fingerprint density at radius 2 is 1.79 bits per heavy atom. The van der Waals surface area contributed by atoms with Gasteiger partial charge in [-0.1, -0.05) is 44.2 Å². The molecule has 1 aliphatic rings. The van der Waals surface area contributed by atoms with Gasteiger partial charge in [-0.25, -0.2) is 0 Å². The Morgan fingerprint density at radius 3 is 2.26 bits per heavy atom. The molecule has 1 fully saturated rings. The number of hydrogen-bond acceptors (Lipinski definition) is 2. The monoisotopic (exact) mass is 260 g/mol. The van der Waals surface area contributed by atoms with Crippen molar-refractivity contribution in [2.45, 2.75) is 51.7 Å². The maximum absolute atomic E-state index is 3.51. The van der Waals surface area contributed by atoms with Crippen LogP contribution in [0.2, 0.25) is 0 Å². The summed E-state index contributed by atoms with van der Waals surface area (Å²) in [6.45, 7) is 8.21. The van der Waals surface area contributed by atoms with E-state index in [-0.39, 0.29) is 0 Å². The van der Waals surface area contributed by atoms with E-state index in [9.17, 15) is 0 Å². The van der Waals surface area contributed by atoms with E-state index in [0.29, 0.717) is 12.1 Å². The fourth-order valence-electron chi connectivity index (χ4n) is 3.01. The number of hydrogen-bond donors (Lipinski definition) is 1. The Labute approximate surface area is 118 Å². The van der Waals surface area contributed by atoms with Gasteiger partial charge in [0.2, 0.25) is 0 Å². The van der Waals surface area contributed by atoms with Crippen LogP contribution in [-0.4, -0.2) is 30.6 Å². The Kier molecular flexibility index (Phi) is 5.00. The minimum Gasteiger partial charge on any atom is -0.312 e. The van der Waals surface area contributed by atoms with E-state index < -0.39 is 0 Å². The first-order chi connectivity index (χ1) is 9.13. The summed E-state index contributed by atoms with van der Waals surface area (Å²) in [4.78, 5) is 2.71. The van der Waals surface area contributed by atoms with E-state index in [0.717, 1.165) is 12.0 Å². The highest BCUT2D eigenvalue weighted by Crippen LogP contribution is 2.33. The molecule has 1 saturated carbocycles. The van der Waals surface area contributed by atoms with Crippen LogP contribution < -0.4 is 5.32 Å². The van der Waals surface area contributed by atoms with Crippen molar-refractivity contribution in [1.29, 1.82) is 0 Å². The number of rotatable bonds is 7. The Bertz CT molecular complexity index is 370. The zero-order valence-electron chi connectivity index (χ0n) is 12.8. The largest absolute Gasteiger partial charge is 0.312 e. The maximum Gasteiger partial charge on any atom is 0.0473 e. The van der Waals surface area contributed by atoms with Crippen LogP contribution in [0.5, 0.6) is 0 Å². The second-order valence-electron chi connectivity index (χ2n) is 6.24. The van der Waals surface area contributed by atoms with E-state index in [1.807, 2.05) is 0 Å². The number of nitrogens with zero attached hydrogens (tertiary/aromatic N) is 1. The van der Waals surface area contributed by atoms with Gasteiger partial charge in [-0.3, -0.25) is 4.90 Å². The molecule has 2 rings (SSSR count). The zero-order chi connectivity index (χ0) is 13.8. The van der Waals surface area contributed by atoms with Gasteiger partial charge in [-0.15, -0.1) is 0 Å². The first-order valence-electron chi connectivity index (χ1n) is 7.61. The van der Waals surface area contributed by atoms with E-state index in [4.69, 9.17) is 0 Å². The van der Waals surface area contributed by atoms with Crippen LogP contribution in [0, 0.1) is 5.92 Å². The van der Waals surface area contributed by atoms with Crippen molar-refractivity contribution < 1.29 is 0 Å². The van der Waals surface area contributed by atoms with Gasteiger partial charge in [0.05, 0.1) is 0 Å². The van der Waals surface area contributed by atoms with Gasteiger partial charge >= 0.3 is 0 Å². The summed E-state index contributed by atoms with van der Waals surface area (Å²) in [5, 5.41) is 3.51. The Morgan fingerprint density at radius 1 is 1.16 bits per heavy atom. The number of nitrogens with one attached hydrogen (secondary N) is 1. The molecule has 2 nitrogen and oxygen atoms in total. The van der Waals surface area contributed by atoms with Crippen LogP contribution in [0.3, 0.4) is 0 Å². The summed E-state index contributed by atoms with van der Waals surface area (Å²) >= 11 is 0. The van der Waals surface area contributed by atoms with Crippen LogP contribution in [0.15, 0.2) is 30.3 Å². The molecular formula is C17H28N2. The van der Waals surface area contributed by atoms with Crippen molar-refractivity contribution in [3.8, 4) is 0 Å². The highest BCUT2D eigenvalue weighted by atomic mass is 15.2. The van der Waals surface area contributed by atoms with Gasteiger partial charge in [0.15, 0.2) is 0 Å². The van der Waals surface area contributed by atoms with Crippen molar-refractivity contribution >= 4 is 0 Å². The Balaban J connectivity index is 2.11. The predicted molar refractivity (Wildman–Crippen MR) is 82.3 cm³/mol. The van der Waals surface area contributed by atoms with Crippen LogP contribution >= 0.6 is 0 Å². The highest BCUT2D eigenvalue weighted by molar-refractivity contribution is 5.20. The van der Waals surface area contributed by atoms with Crippen molar-refractivity contribution in [3.05, 3.63) is 35.9 Å². The molecule has 0 amide bonds. The summed E-state index contributed by atoms with van der Waals surface area (Å²) in [7, 11) is 2.08. The minimum atomic E-state index is 0.417.